The van der Waals surface area contributed by atoms with Crippen LogP contribution in [0.2, 0.25) is 0 Å². The van der Waals surface area contributed by atoms with Crippen LogP contribution in [0.3, 0.4) is 0 Å². The maximum Gasteiger partial charge on any atom is 0.0594 e. The first-order valence-electron chi connectivity index (χ1n) is 3.68. The van der Waals surface area contributed by atoms with E-state index in [0.29, 0.717) is 5.92 Å². The molecule has 0 aromatic rings. The average molecular weight is 130 g/mol. The van der Waals surface area contributed by atoms with Crippen LogP contribution in [0.1, 0.15) is 40.5 Å². The molecule has 0 fully saturated rings. The normalized spacial score (nSPS) is 15.7. The molecule has 1 nitrogen and oxygen atoms in total. The van der Waals surface area contributed by atoms with E-state index in [1.807, 2.05) is 13.8 Å². The second kappa shape index (κ2) is 3.21. The van der Waals surface area contributed by atoms with Gasteiger partial charge in [-0.1, -0.05) is 20.3 Å². The topological polar surface area (TPSA) is 20.2 Å². The van der Waals surface area contributed by atoms with Crippen LogP contribution in [0.25, 0.3) is 0 Å². The first-order valence-corrected chi connectivity index (χ1v) is 3.68. The lowest BCUT2D eigenvalue weighted by atomic mass is 9.93. The van der Waals surface area contributed by atoms with E-state index >= 15 is 0 Å². The highest BCUT2D eigenvalue weighted by atomic mass is 16.3. The quantitative estimate of drug-likeness (QED) is 0.621. The van der Waals surface area contributed by atoms with E-state index < -0.39 is 5.60 Å². The molecule has 0 spiro atoms. The Morgan fingerprint density at radius 2 is 1.89 bits per heavy atom. The van der Waals surface area contributed by atoms with Gasteiger partial charge in [-0.05, 0) is 26.2 Å². The van der Waals surface area contributed by atoms with Crippen molar-refractivity contribution in [3.8, 4) is 0 Å². The summed E-state index contributed by atoms with van der Waals surface area (Å²) in [7, 11) is 0. The minimum Gasteiger partial charge on any atom is -0.390 e. The molecule has 0 aliphatic carbocycles. The molecule has 0 aliphatic heterocycles. The number of hydrogen-bond acceptors (Lipinski definition) is 1. The fourth-order valence-electron chi connectivity index (χ4n) is 0.997. The predicted octanol–water partition coefficient (Wildman–Crippen LogP) is 2.19. The Labute approximate surface area is 58.1 Å². The summed E-state index contributed by atoms with van der Waals surface area (Å²) >= 11 is 0. The number of rotatable bonds is 3. The Hall–Kier alpha value is -0.0400. The standard InChI is InChI=1S/C8H18O/c1-5-7(2)6-8(3,4)9/h7,9H,5-6H2,1-4H3/t7-/m0/s1. The summed E-state index contributed by atoms with van der Waals surface area (Å²) in [5.74, 6) is 0.644. The minimum atomic E-state index is -0.477. The maximum absolute atomic E-state index is 9.32. The molecule has 0 aromatic heterocycles. The van der Waals surface area contributed by atoms with Gasteiger partial charge >= 0.3 is 0 Å². The third-order valence-corrected chi connectivity index (χ3v) is 1.54. The first-order chi connectivity index (χ1) is 3.95. The summed E-state index contributed by atoms with van der Waals surface area (Å²) in [6.45, 7) is 8.03. The smallest absolute Gasteiger partial charge is 0.0594 e. The third kappa shape index (κ3) is 5.84. The van der Waals surface area contributed by atoms with E-state index in [9.17, 15) is 5.11 Å². The van der Waals surface area contributed by atoms with Gasteiger partial charge in [0.05, 0.1) is 5.60 Å². The van der Waals surface area contributed by atoms with E-state index in [1.54, 1.807) is 0 Å². The fraction of sp³-hybridized carbons (Fsp3) is 1.00. The second-order valence-corrected chi connectivity index (χ2v) is 3.53. The Balaban J connectivity index is 3.47. The van der Waals surface area contributed by atoms with Gasteiger partial charge in [-0.2, -0.15) is 0 Å². The lowest BCUT2D eigenvalue weighted by Crippen LogP contribution is -2.21. The molecule has 0 heterocycles. The number of aliphatic hydroxyl groups is 1. The van der Waals surface area contributed by atoms with Crippen molar-refractivity contribution in [3.63, 3.8) is 0 Å². The summed E-state index contributed by atoms with van der Waals surface area (Å²) in [5, 5.41) is 9.32. The molecule has 0 saturated carbocycles. The fourth-order valence-corrected chi connectivity index (χ4v) is 0.997. The molecule has 0 bridgehead atoms. The third-order valence-electron chi connectivity index (χ3n) is 1.54. The van der Waals surface area contributed by atoms with E-state index in [4.69, 9.17) is 0 Å². The molecular weight excluding hydrogens is 112 g/mol. The molecule has 56 valence electrons. The molecule has 1 atom stereocenters. The summed E-state index contributed by atoms with van der Waals surface area (Å²) in [6.07, 6.45) is 2.06. The molecular formula is C8H18O. The monoisotopic (exact) mass is 130 g/mol. The molecule has 1 heteroatoms. The predicted molar refractivity (Wildman–Crippen MR) is 40.4 cm³/mol. The highest BCUT2D eigenvalue weighted by Crippen LogP contribution is 2.17. The summed E-state index contributed by atoms with van der Waals surface area (Å²) in [4.78, 5) is 0. The van der Waals surface area contributed by atoms with Crippen molar-refractivity contribution in [2.45, 2.75) is 46.1 Å². The Bertz CT molecular complexity index is 71.1. The summed E-state index contributed by atoms with van der Waals surface area (Å²) in [6, 6.07) is 0. The number of hydrogen-bond donors (Lipinski definition) is 1. The summed E-state index contributed by atoms with van der Waals surface area (Å²) < 4.78 is 0. The van der Waals surface area contributed by atoms with Gasteiger partial charge in [-0.15, -0.1) is 0 Å². The van der Waals surface area contributed by atoms with E-state index in [0.717, 1.165) is 12.8 Å². The molecule has 0 amide bonds. The van der Waals surface area contributed by atoms with Crippen LogP contribution in [0, 0.1) is 5.92 Å². The van der Waals surface area contributed by atoms with Crippen LogP contribution in [-0.2, 0) is 0 Å². The van der Waals surface area contributed by atoms with E-state index in [-0.39, 0.29) is 0 Å². The second-order valence-electron chi connectivity index (χ2n) is 3.53. The SMILES string of the molecule is CC[C@H](C)CC(C)(C)O. The molecule has 0 aromatic carbocycles. The van der Waals surface area contributed by atoms with Crippen LogP contribution in [0.15, 0.2) is 0 Å². The van der Waals surface area contributed by atoms with Crippen LogP contribution in [0.5, 0.6) is 0 Å². The largest absolute Gasteiger partial charge is 0.390 e. The molecule has 0 saturated heterocycles. The van der Waals surface area contributed by atoms with Crippen molar-refractivity contribution in [2.24, 2.45) is 5.92 Å². The molecule has 0 unspecified atom stereocenters. The molecule has 0 aliphatic rings. The Morgan fingerprint density at radius 3 is 2.00 bits per heavy atom. The zero-order chi connectivity index (χ0) is 7.49. The average Bonchev–Trinajstić information content (AvgIpc) is 1.62. The van der Waals surface area contributed by atoms with Gasteiger partial charge in [0, 0.05) is 0 Å². The van der Waals surface area contributed by atoms with Gasteiger partial charge in [0.1, 0.15) is 0 Å². The van der Waals surface area contributed by atoms with Crippen molar-refractivity contribution in [3.05, 3.63) is 0 Å². The maximum atomic E-state index is 9.32. The van der Waals surface area contributed by atoms with E-state index in [2.05, 4.69) is 13.8 Å². The minimum absolute atomic E-state index is 0.477. The van der Waals surface area contributed by atoms with Gasteiger partial charge in [0.25, 0.3) is 0 Å². The molecule has 9 heavy (non-hydrogen) atoms. The highest BCUT2D eigenvalue weighted by Gasteiger charge is 2.15. The van der Waals surface area contributed by atoms with Crippen LogP contribution < -0.4 is 0 Å². The lowest BCUT2D eigenvalue weighted by molar-refractivity contribution is 0.0547. The Kier molecular flexibility index (Phi) is 3.20. The molecule has 1 N–H and O–H groups in total. The van der Waals surface area contributed by atoms with Crippen molar-refractivity contribution in [2.75, 3.05) is 0 Å². The lowest BCUT2D eigenvalue weighted by Gasteiger charge is -2.20. The van der Waals surface area contributed by atoms with Crippen molar-refractivity contribution in [1.82, 2.24) is 0 Å². The van der Waals surface area contributed by atoms with Crippen molar-refractivity contribution in [1.29, 1.82) is 0 Å². The zero-order valence-corrected chi connectivity index (χ0v) is 6.94. The van der Waals surface area contributed by atoms with Crippen molar-refractivity contribution >= 4 is 0 Å². The van der Waals surface area contributed by atoms with Crippen molar-refractivity contribution < 1.29 is 5.11 Å². The van der Waals surface area contributed by atoms with Crippen LogP contribution in [0.4, 0.5) is 0 Å². The van der Waals surface area contributed by atoms with Gasteiger partial charge in [-0.25, -0.2) is 0 Å². The highest BCUT2D eigenvalue weighted by molar-refractivity contribution is 4.67. The molecule has 0 radical (unpaired) electrons. The van der Waals surface area contributed by atoms with Gasteiger partial charge < -0.3 is 5.11 Å². The van der Waals surface area contributed by atoms with Gasteiger partial charge in [-0.3, -0.25) is 0 Å². The first kappa shape index (κ1) is 8.96. The molecule has 0 rings (SSSR count). The van der Waals surface area contributed by atoms with Gasteiger partial charge in [0.15, 0.2) is 0 Å². The van der Waals surface area contributed by atoms with Gasteiger partial charge in [0.2, 0.25) is 0 Å². The van der Waals surface area contributed by atoms with Crippen LogP contribution >= 0.6 is 0 Å². The van der Waals surface area contributed by atoms with Crippen LogP contribution in [-0.4, -0.2) is 10.7 Å². The summed E-state index contributed by atoms with van der Waals surface area (Å²) in [5.41, 5.74) is -0.477. The Morgan fingerprint density at radius 1 is 1.44 bits per heavy atom. The zero-order valence-electron chi connectivity index (χ0n) is 6.94. The van der Waals surface area contributed by atoms with E-state index in [1.165, 1.54) is 0 Å².